The lowest BCUT2D eigenvalue weighted by molar-refractivity contribution is -0.00277. The van der Waals surface area contributed by atoms with Crippen molar-refractivity contribution in [1.29, 1.82) is 0 Å². The van der Waals surface area contributed by atoms with Gasteiger partial charge < -0.3 is 4.98 Å². The van der Waals surface area contributed by atoms with Crippen molar-refractivity contribution in [2.75, 3.05) is 0 Å². The number of aromatic nitrogens is 2. The Balaban J connectivity index is 1.99. The molecule has 68 valence electrons. The minimum absolute atomic E-state index is 0.0459. The summed E-state index contributed by atoms with van der Waals surface area (Å²) in [7, 11) is 0. The molecular weight excluding hydrogens is 188 g/mol. The lowest BCUT2D eigenvalue weighted by Crippen LogP contribution is -2.66. The van der Waals surface area contributed by atoms with E-state index in [4.69, 9.17) is 11.6 Å². The summed E-state index contributed by atoms with van der Waals surface area (Å²) >= 11 is 6.14. The summed E-state index contributed by atoms with van der Waals surface area (Å²) in [5.41, 5.74) is 0.993. The Morgan fingerprint density at radius 2 is 2.15 bits per heavy atom. The van der Waals surface area contributed by atoms with Crippen molar-refractivity contribution in [1.82, 2.24) is 9.97 Å². The average Bonchev–Trinajstić information content (AvgIpc) is 1.97. The molecule has 0 saturated heterocycles. The monoisotopic (exact) mass is 196 g/mol. The van der Waals surface area contributed by atoms with Gasteiger partial charge in [-0.3, -0.25) is 4.79 Å². The van der Waals surface area contributed by atoms with E-state index in [1.165, 1.54) is 6.33 Å². The Hall–Kier alpha value is -0.830. The maximum atomic E-state index is 11.0. The van der Waals surface area contributed by atoms with Gasteiger partial charge in [0.15, 0.2) is 0 Å². The van der Waals surface area contributed by atoms with Gasteiger partial charge in [-0.1, -0.05) is 0 Å². The molecule has 3 saturated carbocycles. The molecule has 1 N–H and O–H groups in total. The molecule has 1 aromatic rings. The normalized spacial score (nSPS) is 40.7. The summed E-state index contributed by atoms with van der Waals surface area (Å²) in [5.74, 6) is 0. The quantitative estimate of drug-likeness (QED) is 0.686. The lowest BCUT2D eigenvalue weighted by Gasteiger charge is -2.67. The van der Waals surface area contributed by atoms with Crippen LogP contribution in [0.25, 0.3) is 0 Å². The number of rotatable bonds is 1. The highest BCUT2D eigenvalue weighted by molar-refractivity contribution is 6.26. The molecule has 0 aromatic carbocycles. The summed E-state index contributed by atoms with van der Waals surface area (Å²) < 4.78 is 0. The van der Waals surface area contributed by atoms with E-state index < -0.39 is 0 Å². The van der Waals surface area contributed by atoms with Crippen molar-refractivity contribution in [3.8, 4) is 0 Å². The van der Waals surface area contributed by atoms with E-state index in [1.54, 1.807) is 6.07 Å². The van der Waals surface area contributed by atoms with Gasteiger partial charge in [-0.25, -0.2) is 4.98 Å². The molecule has 0 atom stereocenters. The summed E-state index contributed by atoms with van der Waals surface area (Å²) in [4.78, 5) is 17.8. The Morgan fingerprint density at radius 1 is 1.46 bits per heavy atom. The van der Waals surface area contributed by atoms with Gasteiger partial charge in [0.1, 0.15) is 0 Å². The molecule has 4 rings (SSSR count). The van der Waals surface area contributed by atoms with E-state index in [-0.39, 0.29) is 15.8 Å². The molecule has 0 spiro atoms. The fourth-order valence-electron chi connectivity index (χ4n) is 2.59. The second kappa shape index (κ2) is 1.98. The maximum Gasteiger partial charge on any atom is 0.250 e. The van der Waals surface area contributed by atoms with E-state index in [9.17, 15) is 4.79 Å². The average molecular weight is 197 g/mol. The minimum atomic E-state index is -0.0710. The topological polar surface area (TPSA) is 45.8 Å². The van der Waals surface area contributed by atoms with Crippen LogP contribution in [0.2, 0.25) is 0 Å². The van der Waals surface area contributed by atoms with Crippen molar-refractivity contribution in [2.24, 2.45) is 0 Å². The highest BCUT2D eigenvalue weighted by Gasteiger charge is 2.68. The van der Waals surface area contributed by atoms with Crippen LogP contribution in [0.4, 0.5) is 0 Å². The summed E-state index contributed by atoms with van der Waals surface area (Å²) in [6, 6.07) is 1.59. The Morgan fingerprint density at radius 3 is 2.69 bits per heavy atom. The van der Waals surface area contributed by atoms with Gasteiger partial charge in [0.2, 0.25) is 0 Å². The van der Waals surface area contributed by atoms with Crippen LogP contribution in [0.5, 0.6) is 0 Å². The van der Waals surface area contributed by atoms with Gasteiger partial charge >= 0.3 is 0 Å². The van der Waals surface area contributed by atoms with Crippen LogP contribution in [0, 0.1) is 0 Å². The molecular formula is C9H9ClN2O. The molecule has 13 heavy (non-hydrogen) atoms. The number of nitrogens with zero attached hydrogens (tertiary/aromatic N) is 1. The number of aromatic amines is 1. The lowest BCUT2D eigenvalue weighted by atomic mass is 9.42. The Labute approximate surface area is 80.1 Å². The van der Waals surface area contributed by atoms with Crippen molar-refractivity contribution in [2.45, 2.75) is 29.6 Å². The van der Waals surface area contributed by atoms with Gasteiger partial charge in [0.25, 0.3) is 5.56 Å². The second-order valence-corrected chi connectivity index (χ2v) is 5.06. The van der Waals surface area contributed by atoms with Crippen LogP contribution < -0.4 is 5.56 Å². The fourth-order valence-corrected chi connectivity index (χ4v) is 3.36. The second-order valence-electron chi connectivity index (χ2n) is 4.26. The van der Waals surface area contributed by atoms with Crippen LogP contribution in [0.15, 0.2) is 17.2 Å². The van der Waals surface area contributed by atoms with Crippen LogP contribution in [0.1, 0.15) is 25.0 Å². The van der Waals surface area contributed by atoms with Gasteiger partial charge in [0.05, 0.1) is 12.0 Å². The highest BCUT2D eigenvalue weighted by atomic mass is 35.5. The first-order chi connectivity index (χ1) is 6.12. The molecule has 3 nitrogen and oxygen atoms in total. The van der Waals surface area contributed by atoms with Crippen LogP contribution in [-0.4, -0.2) is 14.8 Å². The molecule has 4 heteroatoms. The third-order valence-corrected chi connectivity index (χ3v) is 3.59. The molecule has 3 aliphatic rings. The van der Waals surface area contributed by atoms with E-state index >= 15 is 0 Å². The number of alkyl halides is 1. The predicted molar refractivity (Wildman–Crippen MR) is 49.0 cm³/mol. The molecule has 1 aromatic heterocycles. The van der Waals surface area contributed by atoms with Crippen LogP contribution in [-0.2, 0) is 5.41 Å². The third-order valence-electron chi connectivity index (χ3n) is 3.19. The van der Waals surface area contributed by atoms with Gasteiger partial charge in [-0.15, -0.1) is 11.6 Å². The minimum Gasteiger partial charge on any atom is -0.313 e. The van der Waals surface area contributed by atoms with Gasteiger partial charge in [0, 0.05) is 16.4 Å². The molecule has 0 aliphatic heterocycles. The zero-order valence-electron chi connectivity index (χ0n) is 7.01. The number of hydrogen-bond donors (Lipinski definition) is 1. The van der Waals surface area contributed by atoms with Crippen molar-refractivity contribution in [3.05, 3.63) is 28.4 Å². The molecule has 1 heterocycles. The smallest absolute Gasteiger partial charge is 0.250 e. The SMILES string of the molecule is O=c1cc(C23CC(Cl)(C2)C3)nc[nH]1. The van der Waals surface area contributed by atoms with E-state index in [2.05, 4.69) is 9.97 Å². The summed E-state index contributed by atoms with van der Waals surface area (Å²) in [6.45, 7) is 0. The third kappa shape index (κ3) is 0.854. The fraction of sp³-hybridized carbons (Fsp3) is 0.556. The molecule has 0 radical (unpaired) electrons. The Kier molecular flexibility index (Phi) is 1.15. The number of hydrogen-bond acceptors (Lipinski definition) is 2. The highest BCUT2D eigenvalue weighted by Crippen LogP contribution is 2.70. The van der Waals surface area contributed by atoms with Crippen molar-refractivity contribution >= 4 is 11.6 Å². The largest absolute Gasteiger partial charge is 0.313 e. The first kappa shape index (κ1) is 7.56. The number of H-pyrrole nitrogens is 1. The van der Waals surface area contributed by atoms with E-state index in [0.717, 1.165) is 25.0 Å². The number of halogens is 1. The standard InChI is InChI=1S/C9H9ClN2O/c10-9-2-8(3-9,4-9)6-1-7(13)12-5-11-6/h1,5H,2-4H2,(H,11,12,13). The zero-order valence-corrected chi connectivity index (χ0v) is 7.77. The van der Waals surface area contributed by atoms with Crippen molar-refractivity contribution < 1.29 is 0 Å². The maximum absolute atomic E-state index is 11.0. The predicted octanol–water partition coefficient (Wildman–Crippen LogP) is 1.18. The van der Waals surface area contributed by atoms with Crippen LogP contribution >= 0.6 is 11.6 Å². The Bertz CT molecular complexity index is 406. The van der Waals surface area contributed by atoms with Crippen molar-refractivity contribution in [3.63, 3.8) is 0 Å². The van der Waals surface area contributed by atoms with E-state index in [0.29, 0.717) is 0 Å². The van der Waals surface area contributed by atoms with Crippen LogP contribution in [0.3, 0.4) is 0 Å². The molecule has 0 amide bonds. The molecule has 3 aliphatic carbocycles. The zero-order chi connectivity index (χ0) is 9.10. The van der Waals surface area contributed by atoms with Gasteiger partial charge in [-0.05, 0) is 19.3 Å². The molecule has 3 fully saturated rings. The first-order valence-corrected chi connectivity index (χ1v) is 4.74. The first-order valence-electron chi connectivity index (χ1n) is 4.36. The summed E-state index contributed by atoms with van der Waals surface area (Å²) in [5, 5.41) is 0. The molecule has 2 bridgehead atoms. The molecule has 0 unspecified atom stereocenters. The van der Waals surface area contributed by atoms with Gasteiger partial charge in [-0.2, -0.15) is 0 Å². The van der Waals surface area contributed by atoms with E-state index in [1.807, 2.05) is 0 Å². The summed E-state index contributed by atoms with van der Waals surface area (Å²) in [6.07, 6.45) is 4.42. The number of nitrogens with one attached hydrogen (secondary N) is 1.